The van der Waals surface area contributed by atoms with Crippen LogP contribution in [0.1, 0.15) is 17.3 Å². The summed E-state index contributed by atoms with van der Waals surface area (Å²) in [7, 11) is 0. The number of ether oxygens (including phenoxy) is 1. The summed E-state index contributed by atoms with van der Waals surface area (Å²) in [4.78, 5) is 45.4. The molecule has 0 aliphatic carbocycles. The number of benzene rings is 1. The zero-order chi connectivity index (χ0) is 17.2. The Morgan fingerprint density at radius 3 is 2.65 bits per heavy atom. The Kier molecular flexibility index (Phi) is 6.99. The Hall–Kier alpha value is -3.16. The van der Waals surface area contributed by atoms with E-state index < -0.39 is 24.5 Å². The molecule has 0 saturated carbocycles. The molecule has 0 heterocycles. The minimum absolute atomic E-state index is 0.167. The first kappa shape index (κ1) is 17.9. The number of carbonyl (C=O) groups excluding carboxylic acids is 4. The summed E-state index contributed by atoms with van der Waals surface area (Å²) in [6.07, 6.45) is 1.45. The molecular formula is C15H17N3O5. The number of esters is 1. The zero-order valence-electron chi connectivity index (χ0n) is 12.5. The highest BCUT2D eigenvalue weighted by atomic mass is 16.5. The topological polar surface area (TPSA) is 114 Å². The summed E-state index contributed by atoms with van der Waals surface area (Å²) in [5, 5.41) is 6.85. The molecular weight excluding hydrogens is 302 g/mol. The maximum atomic E-state index is 11.8. The molecule has 1 aromatic carbocycles. The number of carbonyl (C=O) groups is 4. The van der Waals surface area contributed by atoms with E-state index in [2.05, 4.69) is 17.2 Å². The van der Waals surface area contributed by atoms with E-state index in [0.717, 1.165) is 0 Å². The average Bonchev–Trinajstić information content (AvgIpc) is 2.50. The first-order chi connectivity index (χ1) is 10.9. The summed E-state index contributed by atoms with van der Waals surface area (Å²) in [5.74, 6) is -1.79. The third-order valence-corrected chi connectivity index (χ3v) is 2.41. The van der Waals surface area contributed by atoms with Gasteiger partial charge in [-0.1, -0.05) is 12.1 Å². The van der Waals surface area contributed by atoms with Crippen molar-refractivity contribution in [3.8, 4) is 0 Å². The fraction of sp³-hybridized carbons (Fsp3) is 0.200. The van der Waals surface area contributed by atoms with Crippen molar-refractivity contribution in [1.82, 2.24) is 10.6 Å². The van der Waals surface area contributed by atoms with E-state index in [1.165, 1.54) is 25.1 Å². The van der Waals surface area contributed by atoms with Crippen LogP contribution in [0.2, 0.25) is 0 Å². The van der Waals surface area contributed by atoms with Gasteiger partial charge in [0.25, 0.3) is 5.91 Å². The van der Waals surface area contributed by atoms with Gasteiger partial charge in [-0.25, -0.2) is 9.59 Å². The molecule has 0 fully saturated rings. The molecule has 3 N–H and O–H groups in total. The lowest BCUT2D eigenvalue weighted by molar-refractivity contribution is -0.123. The quantitative estimate of drug-likeness (QED) is 0.530. The molecule has 0 aromatic heterocycles. The van der Waals surface area contributed by atoms with E-state index in [4.69, 9.17) is 4.74 Å². The first-order valence-electron chi connectivity index (χ1n) is 6.65. The summed E-state index contributed by atoms with van der Waals surface area (Å²) in [5.41, 5.74) is 0.598. The molecule has 1 rings (SSSR count). The third kappa shape index (κ3) is 6.89. The highest BCUT2D eigenvalue weighted by Crippen LogP contribution is 2.11. The van der Waals surface area contributed by atoms with Crippen LogP contribution in [0.4, 0.5) is 10.5 Å². The lowest BCUT2D eigenvalue weighted by Gasteiger charge is -2.07. The van der Waals surface area contributed by atoms with Crippen molar-refractivity contribution in [2.24, 2.45) is 0 Å². The van der Waals surface area contributed by atoms with E-state index in [1.807, 2.05) is 5.32 Å². The molecule has 0 atom stereocenters. The fourth-order valence-electron chi connectivity index (χ4n) is 1.51. The maximum absolute atomic E-state index is 11.8. The van der Waals surface area contributed by atoms with Crippen molar-refractivity contribution < 1.29 is 23.9 Å². The minimum atomic E-state index is -0.766. The third-order valence-electron chi connectivity index (χ3n) is 2.41. The molecule has 0 spiro atoms. The molecule has 0 saturated heterocycles. The van der Waals surface area contributed by atoms with Crippen LogP contribution in [0.3, 0.4) is 0 Å². The number of anilines is 1. The van der Waals surface area contributed by atoms with E-state index in [-0.39, 0.29) is 18.0 Å². The van der Waals surface area contributed by atoms with Crippen LogP contribution >= 0.6 is 0 Å². The van der Waals surface area contributed by atoms with Gasteiger partial charge in [0.2, 0.25) is 5.91 Å². The number of amides is 4. The van der Waals surface area contributed by atoms with E-state index in [1.54, 1.807) is 12.1 Å². The van der Waals surface area contributed by atoms with E-state index >= 15 is 0 Å². The monoisotopic (exact) mass is 319 g/mol. The van der Waals surface area contributed by atoms with Crippen LogP contribution in [-0.2, 0) is 14.3 Å². The largest absolute Gasteiger partial charge is 0.452 e. The number of hydrogen-bond donors (Lipinski definition) is 3. The van der Waals surface area contributed by atoms with Crippen LogP contribution in [0.15, 0.2) is 36.9 Å². The summed E-state index contributed by atoms with van der Waals surface area (Å²) >= 11 is 0. The summed E-state index contributed by atoms with van der Waals surface area (Å²) < 4.78 is 4.79. The number of hydrogen-bond acceptors (Lipinski definition) is 5. The highest BCUT2D eigenvalue weighted by Gasteiger charge is 2.12. The van der Waals surface area contributed by atoms with Crippen LogP contribution in [0.5, 0.6) is 0 Å². The van der Waals surface area contributed by atoms with Gasteiger partial charge in [-0.3, -0.25) is 14.9 Å². The Labute approximate surface area is 132 Å². The molecule has 8 nitrogen and oxygen atoms in total. The first-order valence-corrected chi connectivity index (χ1v) is 6.65. The second kappa shape index (κ2) is 8.98. The highest BCUT2D eigenvalue weighted by molar-refractivity contribution is 5.97. The van der Waals surface area contributed by atoms with Gasteiger partial charge < -0.3 is 15.4 Å². The van der Waals surface area contributed by atoms with Crippen LogP contribution in [-0.4, -0.2) is 37.0 Å². The van der Waals surface area contributed by atoms with Gasteiger partial charge in [-0.2, -0.15) is 0 Å². The standard InChI is InChI=1S/C15H17N3O5/c1-3-7-16-15(22)18-13(20)9-23-14(21)11-5-4-6-12(8-11)17-10(2)19/h3-6,8H,1,7,9H2,2H3,(H,17,19)(H2,16,18,20,22). The molecule has 8 heteroatoms. The molecule has 0 aliphatic heterocycles. The van der Waals surface area contributed by atoms with Crippen LogP contribution < -0.4 is 16.0 Å². The SMILES string of the molecule is C=CCNC(=O)NC(=O)COC(=O)c1cccc(NC(C)=O)c1. The number of rotatable bonds is 6. The van der Waals surface area contributed by atoms with Crippen molar-refractivity contribution in [2.45, 2.75) is 6.92 Å². The smallest absolute Gasteiger partial charge is 0.338 e. The van der Waals surface area contributed by atoms with Crippen LogP contribution in [0, 0.1) is 0 Å². The molecule has 0 radical (unpaired) electrons. The second-order valence-corrected chi connectivity index (χ2v) is 4.38. The minimum Gasteiger partial charge on any atom is -0.452 e. The van der Waals surface area contributed by atoms with Gasteiger partial charge in [-0.05, 0) is 18.2 Å². The van der Waals surface area contributed by atoms with Gasteiger partial charge >= 0.3 is 12.0 Å². The maximum Gasteiger partial charge on any atom is 0.338 e. The zero-order valence-corrected chi connectivity index (χ0v) is 12.5. The Morgan fingerprint density at radius 1 is 1.26 bits per heavy atom. The normalized spacial score (nSPS) is 9.43. The molecule has 0 aliphatic rings. The Bertz CT molecular complexity index is 627. The molecule has 23 heavy (non-hydrogen) atoms. The second-order valence-electron chi connectivity index (χ2n) is 4.38. The number of nitrogens with one attached hydrogen (secondary N) is 3. The lowest BCUT2D eigenvalue weighted by atomic mass is 10.2. The average molecular weight is 319 g/mol. The van der Waals surface area contributed by atoms with Gasteiger partial charge in [0, 0.05) is 19.2 Å². The van der Waals surface area contributed by atoms with Gasteiger partial charge in [0.15, 0.2) is 6.61 Å². The number of urea groups is 1. The Balaban J connectivity index is 2.50. The predicted molar refractivity (Wildman–Crippen MR) is 82.8 cm³/mol. The van der Waals surface area contributed by atoms with Crippen molar-refractivity contribution in [3.63, 3.8) is 0 Å². The molecule has 122 valence electrons. The molecule has 0 unspecified atom stereocenters. The summed E-state index contributed by atoms with van der Waals surface area (Å²) in [6.45, 7) is 4.34. The molecule has 1 aromatic rings. The number of imide groups is 1. The fourth-order valence-corrected chi connectivity index (χ4v) is 1.51. The van der Waals surface area contributed by atoms with Crippen molar-refractivity contribution in [2.75, 3.05) is 18.5 Å². The lowest BCUT2D eigenvalue weighted by Crippen LogP contribution is -2.41. The molecule has 4 amide bonds. The van der Waals surface area contributed by atoms with Crippen molar-refractivity contribution in [1.29, 1.82) is 0 Å². The van der Waals surface area contributed by atoms with Crippen LogP contribution in [0.25, 0.3) is 0 Å². The van der Waals surface area contributed by atoms with Crippen molar-refractivity contribution in [3.05, 3.63) is 42.5 Å². The van der Waals surface area contributed by atoms with E-state index in [0.29, 0.717) is 5.69 Å². The van der Waals surface area contributed by atoms with Gasteiger partial charge in [0.05, 0.1) is 5.56 Å². The van der Waals surface area contributed by atoms with E-state index in [9.17, 15) is 19.2 Å². The Morgan fingerprint density at radius 2 is 2.00 bits per heavy atom. The predicted octanol–water partition coefficient (Wildman–Crippen LogP) is 0.814. The van der Waals surface area contributed by atoms with Gasteiger partial charge in [-0.15, -0.1) is 6.58 Å². The molecule has 0 bridgehead atoms. The summed E-state index contributed by atoms with van der Waals surface area (Å²) in [6, 6.07) is 5.35. The van der Waals surface area contributed by atoms with Gasteiger partial charge in [0.1, 0.15) is 0 Å². The van der Waals surface area contributed by atoms with Crippen molar-refractivity contribution >= 4 is 29.5 Å².